The third kappa shape index (κ3) is 6.95. The van der Waals surface area contributed by atoms with E-state index in [9.17, 15) is 9.50 Å². The predicted molar refractivity (Wildman–Crippen MR) is 128 cm³/mol. The highest BCUT2D eigenvalue weighted by atomic mass is 127. The van der Waals surface area contributed by atoms with Crippen molar-refractivity contribution in [1.29, 1.82) is 0 Å². The average Bonchev–Trinajstić information content (AvgIpc) is 3.19. The van der Waals surface area contributed by atoms with E-state index in [1.165, 1.54) is 18.6 Å². The number of halogens is 2. The van der Waals surface area contributed by atoms with E-state index in [1.54, 1.807) is 6.07 Å². The maximum atomic E-state index is 14.6. The van der Waals surface area contributed by atoms with E-state index in [1.807, 2.05) is 35.7 Å². The third-order valence-corrected chi connectivity index (χ3v) is 6.50. The van der Waals surface area contributed by atoms with Crippen molar-refractivity contribution in [2.24, 2.45) is 4.99 Å². The second-order valence-corrected chi connectivity index (χ2v) is 8.62. The lowest BCUT2D eigenvalue weighted by Crippen LogP contribution is -2.40. The minimum Gasteiger partial charge on any atom is -0.393 e. The van der Waals surface area contributed by atoms with Crippen molar-refractivity contribution in [2.75, 3.05) is 36.8 Å². The molecule has 158 valence electrons. The number of nitrogens with one attached hydrogen (secondary N) is 2. The Hall–Kier alpha value is -0.740. The van der Waals surface area contributed by atoms with Crippen molar-refractivity contribution in [3.05, 3.63) is 29.6 Å². The molecule has 0 saturated carbocycles. The average molecular weight is 522 g/mol. The number of aliphatic hydroxyl groups is 1. The molecule has 1 aromatic rings. The summed E-state index contributed by atoms with van der Waals surface area (Å²) in [7, 11) is 0. The van der Waals surface area contributed by atoms with Gasteiger partial charge in [0.1, 0.15) is 5.82 Å². The van der Waals surface area contributed by atoms with Crippen LogP contribution in [0.1, 0.15) is 38.2 Å². The summed E-state index contributed by atoms with van der Waals surface area (Å²) in [4.78, 5) is 6.62. The van der Waals surface area contributed by atoms with Crippen LogP contribution >= 0.6 is 35.7 Å². The normalized spacial score (nSPS) is 20.8. The van der Waals surface area contributed by atoms with Crippen LogP contribution in [0.3, 0.4) is 0 Å². The van der Waals surface area contributed by atoms with Crippen molar-refractivity contribution >= 4 is 47.4 Å². The van der Waals surface area contributed by atoms with E-state index in [0.29, 0.717) is 43.4 Å². The van der Waals surface area contributed by atoms with Gasteiger partial charge in [-0.15, -0.1) is 24.0 Å². The van der Waals surface area contributed by atoms with Crippen LogP contribution < -0.4 is 15.5 Å². The van der Waals surface area contributed by atoms with Gasteiger partial charge in [-0.1, -0.05) is 6.07 Å². The fourth-order valence-electron chi connectivity index (χ4n) is 3.54. The molecule has 2 heterocycles. The van der Waals surface area contributed by atoms with Crippen LogP contribution in [0.25, 0.3) is 0 Å². The first-order chi connectivity index (χ1) is 13.2. The lowest BCUT2D eigenvalue weighted by atomic mass is 10.1. The van der Waals surface area contributed by atoms with Crippen molar-refractivity contribution in [3.8, 4) is 0 Å². The lowest BCUT2D eigenvalue weighted by Gasteiger charge is -2.31. The topological polar surface area (TPSA) is 59.9 Å². The molecule has 1 aromatic carbocycles. The summed E-state index contributed by atoms with van der Waals surface area (Å²) in [6.07, 6.45) is 3.70. The van der Waals surface area contributed by atoms with Gasteiger partial charge >= 0.3 is 0 Å². The molecule has 2 aliphatic heterocycles. The van der Waals surface area contributed by atoms with E-state index in [2.05, 4.69) is 15.6 Å². The first-order valence-corrected chi connectivity index (χ1v) is 11.1. The van der Waals surface area contributed by atoms with E-state index in [4.69, 9.17) is 0 Å². The molecule has 5 nitrogen and oxygen atoms in total. The molecule has 0 amide bonds. The molecule has 2 saturated heterocycles. The quantitative estimate of drug-likeness (QED) is 0.304. The largest absolute Gasteiger partial charge is 0.393 e. The van der Waals surface area contributed by atoms with E-state index < -0.39 is 0 Å². The maximum absolute atomic E-state index is 14.6. The molecule has 1 atom stereocenters. The summed E-state index contributed by atoms with van der Waals surface area (Å²) in [6, 6.07) is 5.37. The van der Waals surface area contributed by atoms with Crippen LogP contribution in [0.15, 0.2) is 23.2 Å². The van der Waals surface area contributed by atoms with Crippen molar-refractivity contribution in [1.82, 2.24) is 10.6 Å². The highest BCUT2D eigenvalue weighted by Crippen LogP contribution is 2.26. The lowest BCUT2D eigenvalue weighted by molar-refractivity contribution is 0.145. The maximum Gasteiger partial charge on any atom is 0.191 e. The molecule has 0 aliphatic carbocycles. The predicted octanol–water partition coefficient (Wildman–Crippen LogP) is 3.36. The number of hydrogen-bond donors (Lipinski definition) is 3. The Bertz CT molecular complexity index is 635. The molecule has 0 aromatic heterocycles. The standard InChI is InChI=1S/C20H31FN4OS.HI/c1-2-22-20(24-14-17-4-3-11-27-17)23-13-15-5-6-19(18(21)12-15)25-9-7-16(26)8-10-25;/h5-6,12,16-17,26H,2-4,7-11,13-14H2,1H3,(H2,22,23,24);1H. The van der Waals surface area contributed by atoms with E-state index in [-0.39, 0.29) is 35.9 Å². The number of aliphatic imine (C=N–C) groups is 1. The fraction of sp³-hybridized carbons (Fsp3) is 0.650. The van der Waals surface area contributed by atoms with Gasteiger partial charge < -0.3 is 20.6 Å². The molecular formula is C20H32FIN4OS. The van der Waals surface area contributed by atoms with Gasteiger partial charge in [0.2, 0.25) is 0 Å². The molecule has 2 aliphatic rings. The number of benzene rings is 1. The molecular weight excluding hydrogens is 490 g/mol. The number of nitrogens with zero attached hydrogens (tertiary/aromatic N) is 2. The van der Waals surface area contributed by atoms with Gasteiger partial charge in [0.05, 0.1) is 18.3 Å². The molecule has 1 unspecified atom stereocenters. The molecule has 28 heavy (non-hydrogen) atoms. The Morgan fingerprint density at radius 2 is 2.07 bits per heavy atom. The first-order valence-electron chi connectivity index (χ1n) is 10.0. The number of piperidine rings is 1. The smallest absolute Gasteiger partial charge is 0.191 e. The molecule has 0 bridgehead atoms. The Morgan fingerprint density at radius 1 is 1.29 bits per heavy atom. The number of aliphatic hydroxyl groups excluding tert-OH is 1. The van der Waals surface area contributed by atoms with Gasteiger partial charge in [-0.2, -0.15) is 11.8 Å². The summed E-state index contributed by atoms with van der Waals surface area (Å²) >= 11 is 2.02. The fourth-order valence-corrected chi connectivity index (χ4v) is 4.74. The van der Waals surface area contributed by atoms with Crippen LogP contribution in [0.4, 0.5) is 10.1 Å². The van der Waals surface area contributed by atoms with Crippen LogP contribution in [0, 0.1) is 5.82 Å². The third-order valence-electron chi connectivity index (χ3n) is 5.10. The van der Waals surface area contributed by atoms with Gasteiger partial charge in [0.25, 0.3) is 0 Å². The van der Waals surface area contributed by atoms with Gasteiger partial charge in [-0.25, -0.2) is 9.38 Å². The minimum atomic E-state index is -0.252. The second-order valence-electron chi connectivity index (χ2n) is 7.22. The van der Waals surface area contributed by atoms with Gasteiger partial charge in [-0.3, -0.25) is 0 Å². The molecule has 0 radical (unpaired) electrons. The summed E-state index contributed by atoms with van der Waals surface area (Å²) in [5.41, 5.74) is 1.48. The van der Waals surface area contributed by atoms with Gasteiger partial charge in [0, 0.05) is 31.4 Å². The van der Waals surface area contributed by atoms with Crippen LogP contribution in [0.5, 0.6) is 0 Å². The van der Waals surface area contributed by atoms with Crippen molar-refractivity contribution in [2.45, 2.75) is 50.5 Å². The summed E-state index contributed by atoms with van der Waals surface area (Å²) in [5.74, 6) is 1.83. The molecule has 3 N–H and O–H groups in total. The van der Waals surface area contributed by atoms with Crippen molar-refractivity contribution in [3.63, 3.8) is 0 Å². The van der Waals surface area contributed by atoms with E-state index in [0.717, 1.165) is 24.6 Å². The highest BCUT2D eigenvalue weighted by molar-refractivity contribution is 14.0. The Balaban J connectivity index is 0.00000280. The van der Waals surface area contributed by atoms with Crippen LogP contribution in [0.2, 0.25) is 0 Å². The van der Waals surface area contributed by atoms with Crippen LogP contribution in [-0.4, -0.2) is 54.4 Å². The number of anilines is 1. The summed E-state index contributed by atoms with van der Waals surface area (Å²) < 4.78 is 14.6. The highest BCUT2D eigenvalue weighted by Gasteiger charge is 2.20. The monoisotopic (exact) mass is 522 g/mol. The minimum absolute atomic E-state index is 0. The number of hydrogen-bond acceptors (Lipinski definition) is 4. The second kappa shape index (κ2) is 12.1. The zero-order valence-corrected chi connectivity index (χ0v) is 19.6. The summed E-state index contributed by atoms with van der Waals surface area (Å²) in [6.45, 7) is 5.61. The Kier molecular flexibility index (Phi) is 10.1. The zero-order chi connectivity index (χ0) is 19.1. The Labute approximate surface area is 189 Å². The van der Waals surface area contributed by atoms with E-state index >= 15 is 0 Å². The first kappa shape index (κ1) is 23.5. The van der Waals surface area contributed by atoms with Gasteiger partial charge in [0.15, 0.2) is 5.96 Å². The number of rotatable bonds is 6. The van der Waals surface area contributed by atoms with Crippen LogP contribution in [-0.2, 0) is 6.54 Å². The Morgan fingerprint density at radius 3 is 2.71 bits per heavy atom. The molecule has 2 fully saturated rings. The number of guanidine groups is 1. The van der Waals surface area contributed by atoms with Gasteiger partial charge in [-0.05, 0) is 56.1 Å². The number of thioether (sulfide) groups is 1. The van der Waals surface area contributed by atoms with Crippen molar-refractivity contribution < 1.29 is 9.50 Å². The molecule has 8 heteroatoms. The molecule has 3 rings (SSSR count). The molecule has 0 spiro atoms. The zero-order valence-electron chi connectivity index (χ0n) is 16.5. The SMILES string of the molecule is CCNC(=NCc1ccc(N2CCC(O)CC2)c(F)c1)NCC1CCCS1.I. The summed E-state index contributed by atoms with van der Waals surface area (Å²) in [5, 5.41) is 16.9.